The van der Waals surface area contributed by atoms with E-state index in [4.69, 9.17) is 0 Å². The highest BCUT2D eigenvalue weighted by Gasteiger charge is 2.26. The molecular formula is C18H29N3. The van der Waals surface area contributed by atoms with Crippen LogP contribution >= 0.6 is 0 Å². The number of hydrogen-bond donors (Lipinski definition) is 1. The van der Waals surface area contributed by atoms with E-state index < -0.39 is 0 Å². The molecule has 0 bridgehead atoms. The third kappa shape index (κ3) is 3.98. The van der Waals surface area contributed by atoms with Crippen LogP contribution in [-0.4, -0.2) is 44.2 Å². The first-order valence-electron chi connectivity index (χ1n) is 8.54. The molecule has 1 saturated heterocycles. The van der Waals surface area contributed by atoms with Gasteiger partial charge in [-0.25, -0.2) is 0 Å². The lowest BCUT2D eigenvalue weighted by atomic mass is 10.1. The maximum atomic E-state index is 3.48. The molecule has 1 heterocycles. The first-order valence-corrected chi connectivity index (χ1v) is 8.54. The molecule has 1 N–H and O–H groups in total. The molecule has 3 heteroatoms. The van der Waals surface area contributed by atoms with Gasteiger partial charge in [-0.1, -0.05) is 24.6 Å². The van der Waals surface area contributed by atoms with E-state index in [-0.39, 0.29) is 0 Å². The third-order valence-corrected chi connectivity index (χ3v) is 4.73. The molecule has 0 atom stereocenters. The fraction of sp³-hybridized carbons (Fsp3) is 0.667. The minimum Gasteiger partial charge on any atom is -0.369 e. The van der Waals surface area contributed by atoms with Crippen molar-refractivity contribution in [1.29, 1.82) is 0 Å². The van der Waals surface area contributed by atoms with Crippen LogP contribution in [0.5, 0.6) is 0 Å². The summed E-state index contributed by atoms with van der Waals surface area (Å²) in [6, 6.07) is 6.91. The van der Waals surface area contributed by atoms with Gasteiger partial charge in [0, 0.05) is 45.0 Å². The smallest absolute Gasteiger partial charge is 0.0412 e. The van der Waals surface area contributed by atoms with E-state index in [2.05, 4.69) is 47.2 Å². The van der Waals surface area contributed by atoms with Gasteiger partial charge in [0.25, 0.3) is 0 Å². The Morgan fingerprint density at radius 1 is 1.14 bits per heavy atom. The van der Waals surface area contributed by atoms with E-state index >= 15 is 0 Å². The number of nitrogens with zero attached hydrogens (tertiary/aromatic N) is 2. The zero-order chi connectivity index (χ0) is 14.7. The molecule has 1 saturated carbocycles. The zero-order valence-corrected chi connectivity index (χ0v) is 13.6. The van der Waals surface area contributed by atoms with E-state index in [0.717, 1.165) is 19.0 Å². The summed E-state index contributed by atoms with van der Waals surface area (Å²) < 4.78 is 0. The molecule has 1 aromatic rings. The Bertz CT molecular complexity index is 460. The summed E-state index contributed by atoms with van der Waals surface area (Å²) >= 11 is 0. The second kappa shape index (κ2) is 6.80. The first-order chi connectivity index (χ1) is 10.3. The second-order valence-corrected chi connectivity index (χ2v) is 6.64. The summed E-state index contributed by atoms with van der Waals surface area (Å²) in [6.07, 6.45) is 2.93. The number of anilines is 1. The number of benzene rings is 1. The minimum absolute atomic E-state index is 0.982. The van der Waals surface area contributed by atoms with Crippen LogP contribution in [-0.2, 0) is 6.54 Å². The molecule has 1 aliphatic heterocycles. The Morgan fingerprint density at radius 3 is 2.57 bits per heavy atom. The number of piperazine rings is 1. The van der Waals surface area contributed by atoms with Crippen molar-refractivity contribution in [3.05, 3.63) is 29.3 Å². The van der Waals surface area contributed by atoms with Gasteiger partial charge in [-0.05, 0) is 43.9 Å². The largest absolute Gasteiger partial charge is 0.369 e. The van der Waals surface area contributed by atoms with Crippen LogP contribution in [0.25, 0.3) is 0 Å². The van der Waals surface area contributed by atoms with Gasteiger partial charge in [-0.15, -0.1) is 0 Å². The van der Waals surface area contributed by atoms with Gasteiger partial charge in [-0.2, -0.15) is 0 Å². The molecule has 1 aliphatic carbocycles. The van der Waals surface area contributed by atoms with Crippen molar-refractivity contribution in [2.24, 2.45) is 5.92 Å². The average molecular weight is 287 g/mol. The van der Waals surface area contributed by atoms with Gasteiger partial charge in [0.15, 0.2) is 0 Å². The average Bonchev–Trinajstić information content (AvgIpc) is 3.30. The molecule has 0 unspecified atom stereocenters. The van der Waals surface area contributed by atoms with E-state index in [1.54, 1.807) is 0 Å². The van der Waals surface area contributed by atoms with Gasteiger partial charge < -0.3 is 10.2 Å². The Hall–Kier alpha value is -1.06. The number of aryl methyl sites for hydroxylation is 1. The Morgan fingerprint density at radius 2 is 1.90 bits per heavy atom. The Balaban J connectivity index is 1.63. The van der Waals surface area contributed by atoms with Crippen molar-refractivity contribution in [3.63, 3.8) is 0 Å². The highest BCUT2D eigenvalue weighted by Crippen LogP contribution is 2.30. The topological polar surface area (TPSA) is 18.5 Å². The van der Waals surface area contributed by atoms with E-state index in [1.807, 2.05) is 0 Å². The summed E-state index contributed by atoms with van der Waals surface area (Å²) in [5, 5.41) is 3.48. The third-order valence-electron chi connectivity index (χ3n) is 4.73. The fourth-order valence-electron chi connectivity index (χ4n) is 3.26. The van der Waals surface area contributed by atoms with Crippen molar-refractivity contribution in [1.82, 2.24) is 10.2 Å². The molecule has 1 aromatic carbocycles. The SMILES string of the molecule is CCNCc1cc(C)ccc1N1CCN(CC2CC2)CC1. The van der Waals surface area contributed by atoms with E-state index in [9.17, 15) is 0 Å². The van der Waals surface area contributed by atoms with Crippen LogP contribution < -0.4 is 10.2 Å². The maximum Gasteiger partial charge on any atom is 0.0412 e. The lowest BCUT2D eigenvalue weighted by Gasteiger charge is -2.37. The van der Waals surface area contributed by atoms with Crippen LogP contribution in [0.3, 0.4) is 0 Å². The van der Waals surface area contributed by atoms with Gasteiger partial charge in [0.05, 0.1) is 0 Å². The predicted octanol–water partition coefficient (Wildman–Crippen LogP) is 2.64. The molecule has 116 valence electrons. The van der Waals surface area contributed by atoms with E-state index in [0.29, 0.717) is 0 Å². The lowest BCUT2D eigenvalue weighted by Crippen LogP contribution is -2.47. The molecule has 3 rings (SSSR count). The monoisotopic (exact) mass is 287 g/mol. The van der Waals surface area contributed by atoms with Crippen molar-refractivity contribution in [3.8, 4) is 0 Å². The zero-order valence-electron chi connectivity index (χ0n) is 13.6. The number of rotatable bonds is 6. The molecule has 0 radical (unpaired) electrons. The van der Waals surface area contributed by atoms with Crippen LogP contribution in [0.15, 0.2) is 18.2 Å². The van der Waals surface area contributed by atoms with Crippen LogP contribution in [0.4, 0.5) is 5.69 Å². The summed E-state index contributed by atoms with van der Waals surface area (Å²) in [7, 11) is 0. The quantitative estimate of drug-likeness (QED) is 0.868. The highest BCUT2D eigenvalue weighted by molar-refractivity contribution is 5.55. The van der Waals surface area contributed by atoms with Crippen molar-refractivity contribution >= 4 is 5.69 Å². The van der Waals surface area contributed by atoms with Crippen molar-refractivity contribution < 1.29 is 0 Å². The summed E-state index contributed by atoms with van der Waals surface area (Å²) in [5.41, 5.74) is 4.25. The molecule has 2 aliphatic rings. The molecule has 2 fully saturated rings. The van der Waals surface area contributed by atoms with Crippen LogP contribution in [0, 0.1) is 12.8 Å². The Kier molecular flexibility index (Phi) is 4.81. The van der Waals surface area contributed by atoms with Crippen molar-refractivity contribution in [2.75, 3.05) is 44.2 Å². The number of hydrogen-bond acceptors (Lipinski definition) is 3. The predicted molar refractivity (Wildman–Crippen MR) is 89.9 cm³/mol. The van der Waals surface area contributed by atoms with Crippen molar-refractivity contribution in [2.45, 2.75) is 33.2 Å². The Labute approximate surface area is 129 Å². The number of nitrogens with one attached hydrogen (secondary N) is 1. The highest BCUT2D eigenvalue weighted by atomic mass is 15.3. The molecule has 0 aromatic heterocycles. The fourth-order valence-corrected chi connectivity index (χ4v) is 3.26. The summed E-state index contributed by atoms with van der Waals surface area (Å²) in [6.45, 7) is 12.5. The van der Waals surface area contributed by atoms with Crippen LogP contribution in [0.1, 0.15) is 30.9 Å². The molecular weight excluding hydrogens is 258 g/mol. The van der Waals surface area contributed by atoms with Gasteiger partial charge in [0.2, 0.25) is 0 Å². The molecule has 0 amide bonds. The molecule has 21 heavy (non-hydrogen) atoms. The molecule has 0 spiro atoms. The summed E-state index contributed by atoms with van der Waals surface area (Å²) in [5.74, 6) is 1.01. The van der Waals surface area contributed by atoms with Crippen LogP contribution in [0.2, 0.25) is 0 Å². The maximum absolute atomic E-state index is 3.48. The van der Waals surface area contributed by atoms with E-state index in [1.165, 1.54) is 62.4 Å². The van der Waals surface area contributed by atoms with Gasteiger partial charge >= 0.3 is 0 Å². The first kappa shape index (κ1) is 14.9. The molecule has 3 nitrogen and oxygen atoms in total. The minimum atomic E-state index is 0.982. The normalized spacial score (nSPS) is 20.0. The lowest BCUT2D eigenvalue weighted by molar-refractivity contribution is 0.248. The van der Waals surface area contributed by atoms with Gasteiger partial charge in [-0.3, -0.25) is 4.90 Å². The second-order valence-electron chi connectivity index (χ2n) is 6.64. The standard InChI is InChI=1S/C18H29N3/c1-3-19-13-17-12-15(2)4-7-18(17)21-10-8-20(9-11-21)14-16-5-6-16/h4,7,12,16,19H,3,5-6,8-11,13-14H2,1-2H3. The summed E-state index contributed by atoms with van der Waals surface area (Å²) in [4.78, 5) is 5.24. The van der Waals surface area contributed by atoms with Gasteiger partial charge in [0.1, 0.15) is 0 Å².